The van der Waals surface area contributed by atoms with Crippen LogP contribution in [0.1, 0.15) is 17.0 Å². The normalized spacial score (nSPS) is 10.7. The van der Waals surface area contributed by atoms with Gasteiger partial charge in [0.2, 0.25) is 5.95 Å². The highest BCUT2D eigenvalue weighted by Gasteiger charge is 2.19. The molecule has 0 aliphatic rings. The molecule has 4 rings (SSSR count). The summed E-state index contributed by atoms with van der Waals surface area (Å²) >= 11 is 0. The number of benzene rings is 1. The average Bonchev–Trinajstić information content (AvgIpc) is 3.10. The van der Waals surface area contributed by atoms with Gasteiger partial charge in [0.15, 0.2) is 0 Å². The zero-order chi connectivity index (χ0) is 20.2. The second kappa shape index (κ2) is 8.10. The van der Waals surface area contributed by atoms with E-state index in [1.54, 1.807) is 19.5 Å². The number of nitrogens with zero attached hydrogens (tertiary/aromatic N) is 4. The number of nitrogens with one attached hydrogen (secondary N) is 1. The van der Waals surface area contributed by atoms with Crippen molar-refractivity contribution in [2.45, 2.75) is 20.4 Å². The van der Waals surface area contributed by atoms with Gasteiger partial charge in [-0.05, 0) is 49.2 Å². The number of pyridine rings is 1. The van der Waals surface area contributed by atoms with E-state index in [0.29, 0.717) is 12.5 Å². The highest BCUT2D eigenvalue weighted by molar-refractivity contribution is 5.82. The highest BCUT2D eigenvalue weighted by Crippen LogP contribution is 2.34. The number of hydrogen-bond donors (Lipinski definition) is 1. The van der Waals surface area contributed by atoms with Crippen LogP contribution in [0.4, 0.5) is 5.95 Å². The molecule has 7 heteroatoms. The first-order valence-corrected chi connectivity index (χ1v) is 9.23. The molecule has 0 fully saturated rings. The first-order chi connectivity index (χ1) is 14.2. The molecular formula is C22H21N5O2. The zero-order valence-electron chi connectivity index (χ0n) is 16.5. The maximum absolute atomic E-state index is 5.38. The van der Waals surface area contributed by atoms with Gasteiger partial charge in [0.05, 0.1) is 24.1 Å². The molecule has 4 aromatic rings. The van der Waals surface area contributed by atoms with Crippen LogP contribution in [-0.4, -0.2) is 27.2 Å². The molecular weight excluding hydrogens is 366 g/mol. The Bertz CT molecular complexity index is 1110. The van der Waals surface area contributed by atoms with Crippen LogP contribution in [0, 0.1) is 13.8 Å². The van der Waals surface area contributed by atoms with Gasteiger partial charge in [0.1, 0.15) is 11.5 Å². The Balaban J connectivity index is 1.71. The van der Waals surface area contributed by atoms with E-state index >= 15 is 0 Å². The number of hydrogen-bond acceptors (Lipinski definition) is 7. The van der Waals surface area contributed by atoms with E-state index in [9.17, 15) is 0 Å². The molecule has 3 aromatic heterocycles. The molecule has 0 saturated carbocycles. The highest BCUT2D eigenvalue weighted by atomic mass is 16.5. The number of aromatic nitrogens is 4. The minimum atomic E-state index is 0.528. The van der Waals surface area contributed by atoms with Crippen LogP contribution in [0.15, 0.2) is 59.5 Å². The van der Waals surface area contributed by atoms with Gasteiger partial charge in [-0.2, -0.15) is 0 Å². The molecule has 146 valence electrons. The van der Waals surface area contributed by atoms with Crippen molar-refractivity contribution >= 4 is 5.95 Å². The predicted octanol–water partition coefficient (Wildman–Crippen LogP) is 4.43. The summed E-state index contributed by atoms with van der Waals surface area (Å²) in [5, 5.41) is 7.38. The van der Waals surface area contributed by atoms with Crippen LogP contribution in [0.25, 0.3) is 22.4 Å². The quantitative estimate of drug-likeness (QED) is 0.524. The molecule has 0 amide bonds. The Kier molecular flexibility index (Phi) is 5.20. The molecule has 0 spiro atoms. The smallest absolute Gasteiger partial charge is 0.223 e. The molecule has 0 saturated heterocycles. The Labute approximate surface area is 168 Å². The maximum Gasteiger partial charge on any atom is 0.223 e. The third kappa shape index (κ3) is 3.94. The van der Waals surface area contributed by atoms with Crippen LogP contribution >= 0.6 is 0 Å². The summed E-state index contributed by atoms with van der Waals surface area (Å²) in [7, 11) is 1.66. The standard InChI is InChI=1S/C22H21N5O2/c1-14-20(15(2)29-27-14)21-19(17-7-9-23-10-8-17)13-25-22(26-21)24-12-16-5-4-6-18(11-16)28-3/h4-11,13H,12H2,1-3H3,(H,24,25,26). The van der Waals surface area contributed by atoms with Crippen LogP contribution in [0.3, 0.4) is 0 Å². The molecule has 29 heavy (non-hydrogen) atoms. The number of rotatable bonds is 6. The molecule has 1 N–H and O–H groups in total. The van der Waals surface area contributed by atoms with Crippen molar-refractivity contribution in [2.24, 2.45) is 0 Å². The van der Waals surface area contributed by atoms with Crippen molar-refractivity contribution in [3.63, 3.8) is 0 Å². The molecule has 0 aliphatic carbocycles. The van der Waals surface area contributed by atoms with Crippen molar-refractivity contribution in [1.82, 2.24) is 20.1 Å². The van der Waals surface area contributed by atoms with Gasteiger partial charge < -0.3 is 14.6 Å². The van der Waals surface area contributed by atoms with Crippen LogP contribution in [0.2, 0.25) is 0 Å². The van der Waals surface area contributed by atoms with E-state index in [2.05, 4.69) is 20.4 Å². The Morgan fingerprint density at radius 1 is 1.10 bits per heavy atom. The summed E-state index contributed by atoms with van der Waals surface area (Å²) in [6.07, 6.45) is 5.32. The summed E-state index contributed by atoms with van der Waals surface area (Å²) in [4.78, 5) is 13.4. The Hall–Kier alpha value is -3.74. The number of aryl methyl sites for hydroxylation is 2. The summed E-state index contributed by atoms with van der Waals surface area (Å²) in [6, 6.07) is 11.7. The van der Waals surface area contributed by atoms with Crippen molar-refractivity contribution in [1.29, 1.82) is 0 Å². The van der Waals surface area contributed by atoms with Crippen LogP contribution in [0.5, 0.6) is 5.75 Å². The van der Waals surface area contributed by atoms with E-state index in [-0.39, 0.29) is 0 Å². The predicted molar refractivity (Wildman–Crippen MR) is 111 cm³/mol. The van der Waals surface area contributed by atoms with Gasteiger partial charge in [-0.25, -0.2) is 9.97 Å². The second-order valence-electron chi connectivity index (χ2n) is 6.60. The van der Waals surface area contributed by atoms with Crippen molar-refractivity contribution in [3.8, 4) is 28.1 Å². The number of ether oxygens (including phenoxy) is 1. The zero-order valence-corrected chi connectivity index (χ0v) is 16.5. The van der Waals surface area contributed by atoms with Crippen LogP contribution in [-0.2, 0) is 6.54 Å². The van der Waals surface area contributed by atoms with E-state index in [0.717, 1.165) is 45.2 Å². The van der Waals surface area contributed by atoms with Gasteiger partial charge in [-0.1, -0.05) is 17.3 Å². The first-order valence-electron chi connectivity index (χ1n) is 9.23. The number of anilines is 1. The summed E-state index contributed by atoms with van der Waals surface area (Å²) in [5.41, 5.74) is 5.39. The Morgan fingerprint density at radius 3 is 2.66 bits per heavy atom. The lowest BCUT2D eigenvalue weighted by molar-refractivity contribution is 0.393. The van der Waals surface area contributed by atoms with Gasteiger partial charge in [-0.3, -0.25) is 4.98 Å². The minimum absolute atomic E-state index is 0.528. The SMILES string of the molecule is COc1cccc(CNc2ncc(-c3ccncc3)c(-c3c(C)noc3C)n2)c1. The number of methoxy groups -OCH3 is 1. The molecule has 1 aromatic carbocycles. The van der Waals surface area contributed by atoms with E-state index in [4.69, 9.17) is 14.2 Å². The molecule has 0 aliphatic heterocycles. The molecule has 0 unspecified atom stereocenters. The summed E-state index contributed by atoms with van der Waals surface area (Å²) < 4.78 is 10.7. The first kappa shape index (κ1) is 18.6. The average molecular weight is 387 g/mol. The van der Waals surface area contributed by atoms with Gasteiger partial charge in [0, 0.05) is 30.7 Å². The van der Waals surface area contributed by atoms with Crippen LogP contribution < -0.4 is 10.1 Å². The molecule has 7 nitrogen and oxygen atoms in total. The monoisotopic (exact) mass is 387 g/mol. The third-order valence-electron chi connectivity index (χ3n) is 4.64. The lowest BCUT2D eigenvalue weighted by Crippen LogP contribution is -2.05. The lowest BCUT2D eigenvalue weighted by atomic mass is 10.0. The fraction of sp³-hybridized carbons (Fsp3) is 0.182. The van der Waals surface area contributed by atoms with Gasteiger partial charge >= 0.3 is 0 Å². The molecule has 0 bridgehead atoms. The fourth-order valence-electron chi connectivity index (χ4n) is 3.18. The van der Waals surface area contributed by atoms with E-state index in [1.165, 1.54) is 0 Å². The maximum atomic E-state index is 5.38. The second-order valence-corrected chi connectivity index (χ2v) is 6.60. The summed E-state index contributed by atoms with van der Waals surface area (Å²) in [5.74, 6) is 2.06. The third-order valence-corrected chi connectivity index (χ3v) is 4.64. The molecule has 0 atom stereocenters. The van der Waals surface area contributed by atoms with Gasteiger partial charge in [-0.15, -0.1) is 0 Å². The molecule has 3 heterocycles. The summed E-state index contributed by atoms with van der Waals surface area (Å²) in [6.45, 7) is 4.37. The van der Waals surface area contributed by atoms with E-state index < -0.39 is 0 Å². The molecule has 0 radical (unpaired) electrons. The Morgan fingerprint density at radius 2 is 1.93 bits per heavy atom. The van der Waals surface area contributed by atoms with Crippen molar-refractivity contribution in [3.05, 3.63) is 72.0 Å². The fourth-order valence-corrected chi connectivity index (χ4v) is 3.18. The van der Waals surface area contributed by atoms with E-state index in [1.807, 2.05) is 56.4 Å². The van der Waals surface area contributed by atoms with Gasteiger partial charge in [0.25, 0.3) is 0 Å². The van der Waals surface area contributed by atoms with Crippen molar-refractivity contribution < 1.29 is 9.26 Å². The minimum Gasteiger partial charge on any atom is -0.497 e. The lowest BCUT2D eigenvalue weighted by Gasteiger charge is -2.12. The van der Waals surface area contributed by atoms with Crippen molar-refractivity contribution in [2.75, 3.05) is 12.4 Å². The topological polar surface area (TPSA) is 86.0 Å². The largest absolute Gasteiger partial charge is 0.497 e.